The molecule has 54 heavy (non-hydrogen) atoms. The van der Waals surface area contributed by atoms with Gasteiger partial charge in [-0.1, -0.05) is 72.7 Å². The maximum atomic E-state index is 15.3. The number of aliphatic hydroxyl groups is 1. The van der Waals surface area contributed by atoms with Crippen molar-refractivity contribution in [3.05, 3.63) is 35.4 Å². The zero-order valence-electron chi connectivity index (χ0n) is 35.0. The van der Waals surface area contributed by atoms with Crippen LogP contribution in [0.4, 0.5) is 4.79 Å². The minimum atomic E-state index is -1.75. The van der Waals surface area contributed by atoms with Gasteiger partial charge in [0.1, 0.15) is 23.4 Å². The first-order valence-corrected chi connectivity index (χ1v) is 19.5. The lowest BCUT2D eigenvalue weighted by atomic mass is 9.69. The number of fused-ring (bicyclic) bond motifs is 1. The van der Waals surface area contributed by atoms with Crippen LogP contribution < -0.4 is 5.32 Å². The molecule has 0 bridgehead atoms. The molecule has 0 spiro atoms. The lowest BCUT2D eigenvalue weighted by Crippen LogP contribution is -2.61. The van der Waals surface area contributed by atoms with Crippen molar-refractivity contribution in [3.63, 3.8) is 0 Å². The number of methoxy groups -OCH3 is 1. The molecular weight excluding hydrogens is 692 g/mol. The minimum Gasteiger partial charge on any atom is -0.457 e. The number of hydrogen-bond donors (Lipinski definition) is 2. The molecule has 0 aliphatic carbocycles. The molecule has 0 aromatic heterocycles. The second-order valence-electron chi connectivity index (χ2n) is 18.0. The maximum absolute atomic E-state index is 15.3. The highest BCUT2D eigenvalue weighted by Gasteiger charge is 2.59. The van der Waals surface area contributed by atoms with E-state index in [0.717, 1.165) is 11.1 Å². The van der Waals surface area contributed by atoms with Crippen molar-refractivity contribution in [2.45, 2.75) is 161 Å². The number of rotatable bonds is 7. The SMILES string of the molecule is CC[C@@H]1OC(=O)C(C)(Cc2ccc(C(C)(C)C)cc2)C(=O)[C@H](C)[C@@H](OC2O[C@H](C)C[C@H](N(C)C)[C@H]2O)[C@@](C)(OC)C[C@@H](C)C(=O)[C@@H](C)C2NC(=O)OC21C. The van der Waals surface area contributed by atoms with Crippen molar-refractivity contribution >= 4 is 23.6 Å². The van der Waals surface area contributed by atoms with Gasteiger partial charge >= 0.3 is 12.1 Å². The number of Topliss-reactive ketones (excluding diaryl/α,β-unsaturated/α-hetero) is 2. The highest BCUT2D eigenvalue weighted by molar-refractivity contribution is 6.05. The number of benzene rings is 1. The summed E-state index contributed by atoms with van der Waals surface area (Å²) < 4.78 is 31.3. The average Bonchev–Trinajstić information content (AvgIpc) is 3.42. The molecule has 3 heterocycles. The van der Waals surface area contributed by atoms with Crippen LogP contribution in [0.15, 0.2) is 24.3 Å². The van der Waals surface area contributed by atoms with E-state index in [1.54, 1.807) is 41.5 Å². The third-order valence-electron chi connectivity index (χ3n) is 12.5. The molecule has 1 aromatic carbocycles. The van der Waals surface area contributed by atoms with Crippen LogP contribution in [0, 0.1) is 23.2 Å². The Morgan fingerprint density at radius 3 is 2.13 bits per heavy atom. The molecule has 3 fully saturated rings. The Balaban J connectivity index is 1.91. The number of hydrogen-bond acceptors (Lipinski definition) is 11. The standard InChI is InChI=1S/C42H66N2O10/c1-15-30-42(11)33(43-38(49)54-42)25(4)31(45)23(2)21-41(10,50-14)35(53-36-32(46)29(44(12)13)20-24(3)51-36)26(5)34(47)40(9,37(48)52-30)22-27-16-18-28(19-17-27)39(6,7)8/h16-19,23-26,29-30,32-33,35-36,46H,15,20-22H2,1-14H3,(H,43,49)/t23-,24-,25-,26+,29+,30+,32-,33?,35-,36?,40?,41+,42?/m1/s1. The zero-order valence-corrected chi connectivity index (χ0v) is 35.0. The van der Waals surface area contributed by atoms with Crippen LogP contribution in [0.5, 0.6) is 0 Å². The summed E-state index contributed by atoms with van der Waals surface area (Å²) in [7, 11) is 5.25. The fourth-order valence-electron chi connectivity index (χ4n) is 8.97. The molecule has 3 aliphatic rings. The Bertz CT molecular complexity index is 1530. The van der Waals surface area contributed by atoms with Crippen LogP contribution in [0.3, 0.4) is 0 Å². The number of esters is 1. The quantitative estimate of drug-likeness (QED) is 0.272. The number of aliphatic hydroxyl groups excluding tert-OH is 1. The lowest BCUT2D eigenvalue weighted by molar-refractivity contribution is -0.295. The lowest BCUT2D eigenvalue weighted by Gasteiger charge is -2.47. The highest BCUT2D eigenvalue weighted by Crippen LogP contribution is 2.43. The van der Waals surface area contributed by atoms with Crippen molar-refractivity contribution < 1.29 is 48.0 Å². The number of ether oxygens (including phenoxy) is 5. The van der Waals surface area contributed by atoms with Gasteiger partial charge in [-0.05, 0) is 84.0 Å². The molecule has 4 unspecified atom stereocenters. The molecule has 12 nitrogen and oxygen atoms in total. The van der Waals surface area contributed by atoms with E-state index in [1.165, 1.54) is 7.11 Å². The number of carbonyl (C=O) groups excluding carboxylic acids is 4. The Labute approximate surface area is 322 Å². The summed E-state index contributed by atoms with van der Waals surface area (Å²) >= 11 is 0. The number of nitrogens with one attached hydrogen (secondary N) is 1. The molecule has 1 aromatic rings. The third-order valence-corrected chi connectivity index (χ3v) is 12.5. The van der Waals surface area contributed by atoms with E-state index in [1.807, 2.05) is 57.1 Å². The number of nitrogens with zero attached hydrogens (tertiary/aromatic N) is 1. The monoisotopic (exact) mass is 758 g/mol. The van der Waals surface area contributed by atoms with Crippen LogP contribution in [0.2, 0.25) is 0 Å². The molecule has 2 N–H and O–H groups in total. The maximum Gasteiger partial charge on any atom is 0.408 e. The van der Waals surface area contributed by atoms with Gasteiger partial charge in [0, 0.05) is 30.9 Å². The second-order valence-corrected chi connectivity index (χ2v) is 18.0. The number of likely N-dealkylation sites (N-methyl/N-ethyl adjacent to an activating group) is 1. The largest absolute Gasteiger partial charge is 0.457 e. The molecule has 304 valence electrons. The number of carbonyl (C=O) groups is 4. The van der Waals surface area contributed by atoms with Crippen LogP contribution in [0.1, 0.15) is 107 Å². The molecule has 3 aliphatic heterocycles. The van der Waals surface area contributed by atoms with E-state index < -0.39 is 82.9 Å². The molecular formula is C42H66N2O10. The van der Waals surface area contributed by atoms with Crippen LogP contribution in [-0.4, -0.2) is 109 Å². The first kappa shape index (κ1) is 43.8. The zero-order chi connectivity index (χ0) is 40.7. The molecule has 1 amide bonds. The average molecular weight is 759 g/mol. The summed E-state index contributed by atoms with van der Waals surface area (Å²) in [5, 5.41) is 14.4. The molecule has 12 heteroatoms. The number of amides is 1. The van der Waals surface area contributed by atoms with Gasteiger partial charge < -0.3 is 39.0 Å². The first-order chi connectivity index (χ1) is 24.9. The molecule has 0 saturated carbocycles. The van der Waals surface area contributed by atoms with Gasteiger partial charge in [0.2, 0.25) is 0 Å². The van der Waals surface area contributed by atoms with E-state index in [4.69, 9.17) is 23.7 Å². The second kappa shape index (κ2) is 16.3. The predicted octanol–water partition coefficient (Wildman–Crippen LogP) is 5.39. The van der Waals surface area contributed by atoms with Gasteiger partial charge in [0.15, 0.2) is 17.7 Å². The van der Waals surface area contributed by atoms with E-state index in [0.29, 0.717) is 6.42 Å². The van der Waals surface area contributed by atoms with Gasteiger partial charge in [-0.2, -0.15) is 0 Å². The summed E-state index contributed by atoms with van der Waals surface area (Å²) in [5.41, 5.74) is -2.71. The van der Waals surface area contributed by atoms with Crippen LogP contribution >= 0.6 is 0 Å². The van der Waals surface area contributed by atoms with Crippen LogP contribution in [-0.2, 0) is 49.9 Å². The molecule has 13 atom stereocenters. The summed E-state index contributed by atoms with van der Waals surface area (Å²) in [6.07, 6.45) is -4.33. The van der Waals surface area contributed by atoms with Crippen molar-refractivity contribution in [1.29, 1.82) is 0 Å². The van der Waals surface area contributed by atoms with Gasteiger partial charge in [0.05, 0.1) is 23.9 Å². The summed E-state index contributed by atoms with van der Waals surface area (Å²) in [6.45, 7) is 20.3. The van der Waals surface area contributed by atoms with E-state index >= 15 is 4.79 Å². The number of alkyl carbamates (subject to hydrolysis) is 1. The van der Waals surface area contributed by atoms with Crippen molar-refractivity contribution in [2.24, 2.45) is 23.2 Å². The van der Waals surface area contributed by atoms with Gasteiger partial charge in [-0.3, -0.25) is 14.4 Å². The molecule has 4 rings (SSSR count). The molecule has 3 saturated heterocycles. The minimum absolute atomic E-state index is 0.0119. The van der Waals surface area contributed by atoms with Crippen LogP contribution in [0.25, 0.3) is 0 Å². The molecule has 0 radical (unpaired) electrons. The third kappa shape index (κ3) is 8.57. The van der Waals surface area contributed by atoms with Crippen molar-refractivity contribution in [2.75, 3.05) is 21.2 Å². The topological polar surface area (TPSA) is 150 Å². The summed E-state index contributed by atoms with van der Waals surface area (Å²) in [5.74, 6) is -3.83. The Morgan fingerprint density at radius 2 is 1.59 bits per heavy atom. The summed E-state index contributed by atoms with van der Waals surface area (Å²) in [4.78, 5) is 59.2. The van der Waals surface area contributed by atoms with E-state index in [2.05, 4.69) is 26.1 Å². The smallest absolute Gasteiger partial charge is 0.408 e. The highest BCUT2D eigenvalue weighted by atomic mass is 16.7. The van der Waals surface area contributed by atoms with Gasteiger partial charge in [-0.15, -0.1) is 0 Å². The Kier molecular flexibility index (Phi) is 13.2. The van der Waals surface area contributed by atoms with E-state index in [-0.39, 0.29) is 42.6 Å². The number of ketones is 2. The number of cyclic esters (lactones) is 1. The van der Waals surface area contributed by atoms with Gasteiger partial charge in [0.25, 0.3) is 0 Å². The van der Waals surface area contributed by atoms with Crippen molar-refractivity contribution in [1.82, 2.24) is 10.2 Å². The Morgan fingerprint density at radius 1 is 0.981 bits per heavy atom. The fraction of sp³-hybridized carbons (Fsp3) is 0.762. The van der Waals surface area contributed by atoms with Gasteiger partial charge in [-0.25, -0.2) is 4.79 Å². The Hall–Kier alpha value is -2.90. The van der Waals surface area contributed by atoms with E-state index in [9.17, 15) is 19.5 Å². The predicted molar refractivity (Wildman–Crippen MR) is 204 cm³/mol. The van der Waals surface area contributed by atoms with Crippen molar-refractivity contribution in [3.8, 4) is 0 Å². The normalized spacial score (nSPS) is 40.1. The fourth-order valence-corrected chi connectivity index (χ4v) is 8.97. The summed E-state index contributed by atoms with van der Waals surface area (Å²) in [6, 6.07) is 6.74. The first-order valence-electron chi connectivity index (χ1n) is 19.5.